The van der Waals surface area contributed by atoms with E-state index >= 15 is 0 Å². The van der Waals surface area contributed by atoms with Crippen LogP contribution in [-0.2, 0) is 22.9 Å². The Bertz CT molecular complexity index is 733. The largest absolute Gasteiger partial charge is 1.00 e. The number of hydrogen-bond donors (Lipinski definition) is 0. The van der Waals surface area contributed by atoms with Crippen LogP contribution in [0.2, 0.25) is 0 Å². The average molecular weight is 496 g/mol. The first-order valence-corrected chi connectivity index (χ1v) is 10.7. The summed E-state index contributed by atoms with van der Waals surface area (Å²) in [4.78, 5) is 4.21. The minimum atomic E-state index is -0.902. The maximum atomic E-state index is 4.21. The monoisotopic (exact) mass is 496 g/mol. The van der Waals surface area contributed by atoms with Crippen LogP contribution < -0.4 is 24.8 Å². The second kappa shape index (κ2) is 7.58. The van der Waals surface area contributed by atoms with Crippen molar-refractivity contribution in [1.29, 1.82) is 0 Å². The van der Waals surface area contributed by atoms with Crippen molar-refractivity contribution < 1.29 is 47.7 Å². The zero-order valence-electron chi connectivity index (χ0n) is 11.8. The van der Waals surface area contributed by atoms with Crippen molar-refractivity contribution in [2.45, 2.75) is 10.1 Å². The first-order chi connectivity index (χ1) is 9.92. The van der Waals surface area contributed by atoms with Crippen LogP contribution in [0, 0.1) is 0 Å². The van der Waals surface area contributed by atoms with Gasteiger partial charge in [-0.1, -0.05) is 0 Å². The van der Waals surface area contributed by atoms with E-state index in [0.717, 1.165) is 0 Å². The van der Waals surface area contributed by atoms with Crippen LogP contribution in [0.3, 0.4) is 0 Å². The molecule has 0 saturated heterocycles. The molecule has 0 aliphatic heterocycles. The van der Waals surface area contributed by atoms with Gasteiger partial charge < -0.3 is 24.8 Å². The maximum absolute atomic E-state index is 4.21. The Labute approximate surface area is 154 Å². The molecule has 1 heterocycles. The van der Waals surface area contributed by atoms with Crippen molar-refractivity contribution in [1.82, 2.24) is 9.55 Å². The number of halogens is 2. The van der Waals surface area contributed by atoms with Gasteiger partial charge in [0.15, 0.2) is 0 Å². The average Bonchev–Trinajstić information content (AvgIpc) is 3.19. The van der Waals surface area contributed by atoms with Crippen LogP contribution in [0.15, 0.2) is 64.5 Å². The summed E-state index contributed by atoms with van der Waals surface area (Å²) < 4.78 is 4.53. The molecule has 0 spiro atoms. The molecule has 0 N–H and O–H groups in total. The predicted molar refractivity (Wildman–Crippen MR) is 77.4 cm³/mol. The van der Waals surface area contributed by atoms with Crippen LogP contribution in [0.25, 0.3) is 11.8 Å². The van der Waals surface area contributed by atoms with Gasteiger partial charge in [0.25, 0.3) is 0 Å². The number of allylic oxidation sites excluding steroid dienone is 5. The normalized spacial score (nSPS) is 17.7. The molecule has 2 aliphatic carbocycles. The maximum Gasteiger partial charge on any atom is -1.00 e. The van der Waals surface area contributed by atoms with Gasteiger partial charge >= 0.3 is 130 Å². The van der Waals surface area contributed by atoms with E-state index in [1.165, 1.54) is 23.2 Å². The number of fused-ring (bicyclic) bond motifs is 1. The quantitative estimate of drug-likeness (QED) is 0.445. The first-order valence-electron chi connectivity index (χ1n) is 6.83. The van der Waals surface area contributed by atoms with Crippen molar-refractivity contribution >= 4 is 11.8 Å². The Kier molecular flexibility index (Phi) is 6.01. The van der Waals surface area contributed by atoms with Gasteiger partial charge in [0.2, 0.25) is 0 Å². The van der Waals surface area contributed by atoms with Crippen LogP contribution in [-0.4, -0.2) is 9.55 Å². The third kappa shape index (κ3) is 3.22. The number of hydrogen-bond acceptors (Lipinski definition) is 1. The Morgan fingerprint density at radius 3 is 2.77 bits per heavy atom. The molecular formula is C17H14Cl2HfN2. The molecule has 22 heavy (non-hydrogen) atoms. The Hall–Kier alpha value is -0.900. The summed E-state index contributed by atoms with van der Waals surface area (Å²) >= 11 is -0.902. The molecule has 1 aromatic carbocycles. The summed E-state index contributed by atoms with van der Waals surface area (Å²) in [7, 11) is 0. The van der Waals surface area contributed by atoms with Gasteiger partial charge in [-0.25, -0.2) is 0 Å². The number of benzene rings is 1. The van der Waals surface area contributed by atoms with Gasteiger partial charge in [-0.3, -0.25) is 0 Å². The number of imidazole rings is 1. The summed E-state index contributed by atoms with van der Waals surface area (Å²) in [5.74, 6) is 0. The van der Waals surface area contributed by atoms with Gasteiger partial charge in [-0.2, -0.15) is 0 Å². The van der Waals surface area contributed by atoms with E-state index < -0.39 is 22.9 Å². The Morgan fingerprint density at radius 1 is 1.18 bits per heavy atom. The third-order valence-electron chi connectivity index (χ3n) is 3.81. The van der Waals surface area contributed by atoms with E-state index in [0.29, 0.717) is 3.67 Å². The van der Waals surface area contributed by atoms with Crippen LogP contribution in [0.1, 0.15) is 21.2 Å². The molecule has 0 bridgehead atoms. The SMILES string of the molecule is C1=CC[C]([Hf+2][CH]2C(n3ccnc3)=Cc3ccccc32)=C1.[Cl-].[Cl-]. The van der Waals surface area contributed by atoms with Gasteiger partial charge in [-0.15, -0.1) is 0 Å². The predicted octanol–water partition coefficient (Wildman–Crippen LogP) is -2.13. The van der Waals surface area contributed by atoms with Crippen LogP contribution in [0.5, 0.6) is 0 Å². The van der Waals surface area contributed by atoms with E-state index in [2.05, 4.69) is 64.3 Å². The van der Waals surface area contributed by atoms with Crippen molar-refractivity contribution in [3.63, 3.8) is 0 Å². The fourth-order valence-corrected chi connectivity index (χ4v) is 8.57. The van der Waals surface area contributed by atoms with E-state index in [-0.39, 0.29) is 24.8 Å². The number of rotatable bonds is 3. The summed E-state index contributed by atoms with van der Waals surface area (Å²) in [6, 6.07) is 8.84. The molecular weight excluding hydrogens is 482 g/mol. The fourth-order valence-electron chi connectivity index (χ4n) is 2.83. The third-order valence-corrected chi connectivity index (χ3v) is 9.69. The standard InChI is InChI=1S/C12H9N2.C5H5.2ClH.Hf/c1-2-4-11-8-12(7-10(11)3-1)14-6-5-13-9-14;1-2-4-5-3-1;;;/h1-9H;1-3H,4H2;2*1H;/q;;;;+2/p-2. The van der Waals surface area contributed by atoms with Gasteiger partial charge in [-0.05, 0) is 0 Å². The number of aromatic nitrogens is 2. The summed E-state index contributed by atoms with van der Waals surface area (Å²) in [6.45, 7) is 0. The molecule has 2 nitrogen and oxygen atoms in total. The zero-order valence-corrected chi connectivity index (χ0v) is 16.9. The molecule has 110 valence electrons. The minimum Gasteiger partial charge on any atom is -1.00 e. The molecule has 2 aromatic rings. The minimum absolute atomic E-state index is 0. The second-order valence-corrected chi connectivity index (χ2v) is 10.5. The molecule has 0 fully saturated rings. The molecule has 1 aromatic heterocycles. The molecule has 1 unspecified atom stereocenters. The van der Waals surface area contributed by atoms with E-state index in [1.54, 1.807) is 3.33 Å². The van der Waals surface area contributed by atoms with E-state index in [1.807, 2.05) is 12.5 Å². The van der Waals surface area contributed by atoms with Crippen LogP contribution >= 0.6 is 0 Å². The van der Waals surface area contributed by atoms with Crippen molar-refractivity contribution in [2.24, 2.45) is 0 Å². The van der Waals surface area contributed by atoms with Gasteiger partial charge in [0.1, 0.15) is 0 Å². The molecule has 2 aliphatic rings. The molecule has 4 rings (SSSR count). The van der Waals surface area contributed by atoms with Crippen molar-refractivity contribution in [3.8, 4) is 0 Å². The fraction of sp³-hybridized carbons (Fsp3) is 0.118. The van der Waals surface area contributed by atoms with Crippen molar-refractivity contribution in [2.75, 3.05) is 0 Å². The van der Waals surface area contributed by atoms with Gasteiger partial charge in [0.05, 0.1) is 0 Å². The molecule has 1 atom stereocenters. The van der Waals surface area contributed by atoms with Crippen LogP contribution in [0.4, 0.5) is 0 Å². The summed E-state index contributed by atoms with van der Waals surface area (Å²) in [5, 5.41) is 0. The summed E-state index contributed by atoms with van der Waals surface area (Å²) in [5.41, 5.74) is 4.33. The first kappa shape index (κ1) is 17.5. The second-order valence-electron chi connectivity index (χ2n) is 5.07. The molecule has 0 amide bonds. The molecule has 5 heteroatoms. The topological polar surface area (TPSA) is 17.8 Å². The van der Waals surface area contributed by atoms with Gasteiger partial charge in [0, 0.05) is 0 Å². The van der Waals surface area contributed by atoms with E-state index in [4.69, 9.17) is 0 Å². The smallest absolute Gasteiger partial charge is 1.00 e. The Morgan fingerprint density at radius 2 is 2.05 bits per heavy atom. The van der Waals surface area contributed by atoms with E-state index in [9.17, 15) is 0 Å². The Balaban J connectivity index is 0.000000882. The zero-order chi connectivity index (χ0) is 13.4. The number of nitrogens with zero attached hydrogens (tertiary/aromatic N) is 2. The summed E-state index contributed by atoms with van der Waals surface area (Å²) in [6.07, 6.45) is 16.2. The molecule has 0 radical (unpaired) electrons. The van der Waals surface area contributed by atoms with Crippen molar-refractivity contribution in [3.05, 3.63) is 75.7 Å². The molecule has 0 saturated carbocycles.